The Balaban J connectivity index is 0.00000256. The fourth-order valence-corrected chi connectivity index (χ4v) is 1.71. The minimum absolute atomic E-state index is 0. The quantitative estimate of drug-likeness (QED) is 0.783. The van der Waals surface area contributed by atoms with Crippen LogP contribution in [0.3, 0.4) is 0 Å². The molecule has 6 heteroatoms. The molecular weight excluding hydrogens is 244 g/mol. The first kappa shape index (κ1) is 16.5. The van der Waals surface area contributed by atoms with Gasteiger partial charge in [0.25, 0.3) is 0 Å². The number of ether oxygens (including phenoxy) is 1. The lowest BCUT2D eigenvalue weighted by Crippen LogP contribution is -2.41. The molecule has 0 aromatic rings. The molecule has 1 aliphatic rings. The first-order chi connectivity index (χ1) is 7.33. The molecule has 0 bridgehead atoms. The van der Waals surface area contributed by atoms with Crippen LogP contribution in [-0.4, -0.2) is 54.0 Å². The highest BCUT2D eigenvalue weighted by Crippen LogP contribution is 2.15. The molecule has 2 atom stereocenters. The van der Waals surface area contributed by atoms with E-state index in [4.69, 9.17) is 9.84 Å². The number of hydrogen-bond acceptors (Lipinski definition) is 4. The minimum Gasteiger partial charge on any atom is -0.444 e. The van der Waals surface area contributed by atoms with Crippen LogP contribution in [-0.2, 0) is 4.74 Å². The van der Waals surface area contributed by atoms with E-state index in [0.29, 0.717) is 6.54 Å². The van der Waals surface area contributed by atoms with Crippen LogP contribution in [0.1, 0.15) is 27.2 Å². The van der Waals surface area contributed by atoms with Gasteiger partial charge in [0, 0.05) is 25.7 Å². The summed E-state index contributed by atoms with van der Waals surface area (Å²) in [6.07, 6.45) is 0.463. The van der Waals surface area contributed by atoms with Gasteiger partial charge in [0.1, 0.15) is 5.60 Å². The highest BCUT2D eigenvalue weighted by Gasteiger charge is 2.31. The first-order valence-corrected chi connectivity index (χ1v) is 5.63. The fraction of sp³-hybridized carbons (Fsp3) is 0.909. The van der Waals surface area contributed by atoms with Gasteiger partial charge in [-0.2, -0.15) is 0 Å². The maximum Gasteiger partial charge on any atom is 0.410 e. The molecule has 0 spiro atoms. The van der Waals surface area contributed by atoms with Gasteiger partial charge >= 0.3 is 6.09 Å². The molecule has 0 radical (unpaired) electrons. The zero-order valence-corrected chi connectivity index (χ0v) is 11.7. The summed E-state index contributed by atoms with van der Waals surface area (Å²) in [5.41, 5.74) is -0.465. The van der Waals surface area contributed by atoms with Crippen molar-refractivity contribution in [3.63, 3.8) is 0 Å². The second-order valence-electron chi connectivity index (χ2n) is 5.27. The molecule has 1 heterocycles. The van der Waals surface area contributed by atoms with Crippen molar-refractivity contribution in [1.82, 2.24) is 10.2 Å². The fourth-order valence-electron chi connectivity index (χ4n) is 1.71. The average molecular weight is 267 g/mol. The third-order valence-electron chi connectivity index (χ3n) is 2.65. The van der Waals surface area contributed by atoms with Gasteiger partial charge in [-0.1, -0.05) is 0 Å². The zero-order chi connectivity index (χ0) is 12.3. The van der Waals surface area contributed by atoms with Crippen molar-refractivity contribution in [3.05, 3.63) is 0 Å². The topological polar surface area (TPSA) is 61.8 Å². The lowest BCUT2D eigenvalue weighted by molar-refractivity contribution is 0.0233. The van der Waals surface area contributed by atoms with E-state index in [-0.39, 0.29) is 37.2 Å². The van der Waals surface area contributed by atoms with Crippen LogP contribution in [0.4, 0.5) is 4.79 Å². The number of nitrogens with one attached hydrogen (secondary N) is 1. The number of nitrogens with zero attached hydrogens (tertiary/aromatic N) is 1. The number of amides is 1. The Hall–Kier alpha value is -0.520. The number of hydrogen-bond donors (Lipinski definition) is 2. The van der Waals surface area contributed by atoms with E-state index >= 15 is 0 Å². The molecule has 0 aliphatic carbocycles. The van der Waals surface area contributed by atoms with Crippen molar-refractivity contribution in [1.29, 1.82) is 0 Å². The summed E-state index contributed by atoms with van der Waals surface area (Å²) in [5, 5.41) is 12.1. The molecule has 0 aromatic carbocycles. The molecule has 17 heavy (non-hydrogen) atoms. The summed E-state index contributed by atoms with van der Waals surface area (Å²) in [5.74, 6) is 0. The Morgan fingerprint density at radius 1 is 1.53 bits per heavy atom. The van der Waals surface area contributed by atoms with E-state index in [9.17, 15) is 4.79 Å². The van der Waals surface area contributed by atoms with E-state index in [1.54, 1.807) is 11.9 Å². The number of likely N-dealkylation sites (N-methyl/N-ethyl adjacent to an activating group) is 1. The molecule has 0 aromatic heterocycles. The number of carbonyl (C=O) groups is 1. The SMILES string of the molecule is CN(C(=O)OC(C)(C)C)[C@H]1CN[C@@H](CO)C1.Cl. The maximum absolute atomic E-state index is 11.8. The van der Waals surface area contributed by atoms with Crippen LogP contribution >= 0.6 is 12.4 Å². The Morgan fingerprint density at radius 2 is 2.12 bits per heavy atom. The van der Waals surface area contributed by atoms with E-state index in [0.717, 1.165) is 6.42 Å². The van der Waals surface area contributed by atoms with Crippen molar-refractivity contribution in [2.75, 3.05) is 20.2 Å². The summed E-state index contributed by atoms with van der Waals surface area (Å²) in [7, 11) is 1.74. The van der Waals surface area contributed by atoms with E-state index in [1.165, 1.54) is 0 Å². The van der Waals surface area contributed by atoms with Gasteiger partial charge in [-0.15, -0.1) is 12.4 Å². The summed E-state index contributed by atoms with van der Waals surface area (Å²) in [4.78, 5) is 13.4. The number of rotatable bonds is 2. The van der Waals surface area contributed by atoms with Crippen LogP contribution in [0, 0.1) is 0 Å². The first-order valence-electron chi connectivity index (χ1n) is 5.63. The molecule has 1 fully saturated rings. The molecule has 102 valence electrons. The van der Waals surface area contributed by atoms with Gasteiger partial charge < -0.3 is 20.1 Å². The second-order valence-corrected chi connectivity index (χ2v) is 5.27. The predicted molar refractivity (Wildman–Crippen MR) is 68.5 cm³/mol. The van der Waals surface area contributed by atoms with E-state index in [2.05, 4.69) is 5.32 Å². The largest absolute Gasteiger partial charge is 0.444 e. The minimum atomic E-state index is -0.465. The zero-order valence-electron chi connectivity index (χ0n) is 10.9. The molecule has 2 N–H and O–H groups in total. The molecule has 5 nitrogen and oxygen atoms in total. The van der Waals surface area contributed by atoms with Crippen LogP contribution in [0.15, 0.2) is 0 Å². The summed E-state index contributed by atoms with van der Waals surface area (Å²) >= 11 is 0. The highest BCUT2D eigenvalue weighted by atomic mass is 35.5. The van der Waals surface area contributed by atoms with Crippen molar-refractivity contribution in [3.8, 4) is 0 Å². The van der Waals surface area contributed by atoms with Gasteiger partial charge in [0.2, 0.25) is 0 Å². The van der Waals surface area contributed by atoms with Gasteiger partial charge in [0.05, 0.1) is 6.61 Å². The lowest BCUT2D eigenvalue weighted by Gasteiger charge is -2.28. The molecule has 1 saturated heterocycles. The second kappa shape index (κ2) is 6.42. The molecule has 0 saturated carbocycles. The van der Waals surface area contributed by atoms with Gasteiger partial charge in [0.15, 0.2) is 0 Å². The van der Waals surface area contributed by atoms with Crippen molar-refractivity contribution in [2.45, 2.75) is 44.9 Å². The Bertz CT molecular complexity index is 256. The molecule has 1 aliphatic heterocycles. The average Bonchev–Trinajstić information content (AvgIpc) is 2.61. The smallest absolute Gasteiger partial charge is 0.410 e. The number of halogens is 1. The van der Waals surface area contributed by atoms with Crippen molar-refractivity contribution in [2.24, 2.45) is 0 Å². The summed E-state index contributed by atoms with van der Waals surface area (Å²) in [6.45, 7) is 6.37. The maximum atomic E-state index is 11.8. The summed E-state index contributed by atoms with van der Waals surface area (Å²) in [6, 6.07) is 0.196. The molecule has 1 amide bonds. The standard InChI is InChI=1S/C11H22N2O3.ClH/c1-11(2,3)16-10(15)13(4)9-5-8(7-14)12-6-9;/h8-9,12,14H,5-7H2,1-4H3;1H/t8-,9-;/m1./s1. The number of carbonyl (C=O) groups excluding carboxylic acids is 1. The van der Waals surface area contributed by atoms with Crippen LogP contribution in [0.25, 0.3) is 0 Å². The van der Waals surface area contributed by atoms with Gasteiger partial charge in [-0.3, -0.25) is 0 Å². The van der Waals surface area contributed by atoms with Gasteiger partial charge in [-0.05, 0) is 27.2 Å². The van der Waals surface area contributed by atoms with Crippen LogP contribution < -0.4 is 5.32 Å². The van der Waals surface area contributed by atoms with Crippen molar-refractivity contribution >= 4 is 18.5 Å². The van der Waals surface area contributed by atoms with Crippen molar-refractivity contribution < 1.29 is 14.6 Å². The molecular formula is C11H23ClN2O3. The predicted octanol–water partition coefficient (Wildman–Crippen LogP) is 0.998. The Morgan fingerprint density at radius 3 is 2.53 bits per heavy atom. The van der Waals surface area contributed by atoms with E-state index < -0.39 is 5.60 Å². The van der Waals surface area contributed by atoms with E-state index in [1.807, 2.05) is 20.8 Å². The Labute approximate surface area is 109 Å². The monoisotopic (exact) mass is 266 g/mol. The number of aliphatic hydroxyl groups excluding tert-OH is 1. The molecule has 1 rings (SSSR count). The molecule has 0 unspecified atom stereocenters. The third kappa shape index (κ3) is 5.10. The van der Waals surface area contributed by atoms with Crippen LogP contribution in [0.2, 0.25) is 0 Å². The summed E-state index contributed by atoms with van der Waals surface area (Å²) < 4.78 is 5.28. The number of aliphatic hydroxyl groups is 1. The third-order valence-corrected chi connectivity index (χ3v) is 2.65. The van der Waals surface area contributed by atoms with Gasteiger partial charge in [-0.25, -0.2) is 4.79 Å². The highest BCUT2D eigenvalue weighted by molar-refractivity contribution is 5.85. The Kier molecular flexibility index (Phi) is 6.23. The lowest BCUT2D eigenvalue weighted by atomic mass is 10.1. The normalized spacial score (nSPS) is 24.1. The van der Waals surface area contributed by atoms with Crippen LogP contribution in [0.5, 0.6) is 0 Å².